The van der Waals surface area contributed by atoms with Crippen LogP contribution in [-0.4, -0.2) is 0 Å². The molecule has 2 heteroatoms. The van der Waals surface area contributed by atoms with Crippen LogP contribution in [0.2, 0.25) is 0 Å². The molecule has 0 amide bonds. The Bertz CT molecular complexity index is 523. The van der Waals surface area contributed by atoms with Gasteiger partial charge in [0.2, 0.25) is 0 Å². The molecule has 0 bridgehead atoms. The van der Waals surface area contributed by atoms with Gasteiger partial charge in [0.25, 0.3) is 0 Å². The summed E-state index contributed by atoms with van der Waals surface area (Å²) in [5, 5.41) is 1.23. The van der Waals surface area contributed by atoms with E-state index in [1.165, 1.54) is 16.5 Å². The highest BCUT2D eigenvalue weighted by Crippen LogP contribution is 2.33. The molecule has 1 aromatic carbocycles. The first-order valence-electron chi connectivity index (χ1n) is 6.29. The minimum atomic E-state index is 0.442. The zero-order chi connectivity index (χ0) is 12.6. The van der Waals surface area contributed by atoms with E-state index in [1.54, 1.807) is 0 Å². The summed E-state index contributed by atoms with van der Waals surface area (Å²) in [4.78, 5) is 0. The van der Waals surface area contributed by atoms with E-state index >= 15 is 0 Å². The van der Waals surface area contributed by atoms with E-state index in [0.29, 0.717) is 18.4 Å². The largest absolute Gasteiger partial charge is 0.459 e. The van der Waals surface area contributed by atoms with Crippen molar-refractivity contribution in [2.45, 2.75) is 46.1 Å². The molecule has 0 saturated carbocycles. The second-order valence-electron chi connectivity index (χ2n) is 5.21. The van der Waals surface area contributed by atoms with E-state index in [1.807, 2.05) is 0 Å². The zero-order valence-electron chi connectivity index (χ0n) is 11.1. The van der Waals surface area contributed by atoms with Crippen molar-refractivity contribution in [2.75, 3.05) is 0 Å². The third kappa shape index (κ3) is 2.09. The van der Waals surface area contributed by atoms with Crippen molar-refractivity contribution in [3.63, 3.8) is 0 Å². The molecular weight excluding hydrogens is 210 g/mol. The van der Waals surface area contributed by atoms with Gasteiger partial charge in [-0.05, 0) is 29.5 Å². The van der Waals surface area contributed by atoms with Crippen LogP contribution in [0.15, 0.2) is 22.6 Å². The maximum Gasteiger partial charge on any atom is 0.134 e. The Morgan fingerprint density at radius 2 is 1.82 bits per heavy atom. The first-order valence-corrected chi connectivity index (χ1v) is 6.29. The third-order valence-corrected chi connectivity index (χ3v) is 3.26. The highest BCUT2D eigenvalue weighted by atomic mass is 16.3. The number of hydrogen-bond acceptors (Lipinski definition) is 2. The fourth-order valence-electron chi connectivity index (χ4n) is 2.33. The van der Waals surface area contributed by atoms with Crippen LogP contribution in [0, 0.1) is 0 Å². The molecule has 0 aliphatic heterocycles. The van der Waals surface area contributed by atoms with Crippen molar-refractivity contribution in [3.8, 4) is 0 Å². The van der Waals surface area contributed by atoms with E-state index in [4.69, 9.17) is 10.2 Å². The van der Waals surface area contributed by atoms with Crippen LogP contribution in [0.5, 0.6) is 0 Å². The lowest BCUT2D eigenvalue weighted by Gasteiger charge is -2.07. The van der Waals surface area contributed by atoms with Gasteiger partial charge in [0.15, 0.2) is 0 Å². The molecule has 1 heterocycles. The van der Waals surface area contributed by atoms with Crippen LogP contribution in [-0.2, 0) is 6.54 Å². The van der Waals surface area contributed by atoms with Crippen molar-refractivity contribution in [3.05, 3.63) is 35.1 Å². The van der Waals surface area contributed by atoms with Crippen LogP contribution in [0.3, 0.4) is 0 Å². The third-order valence-electron chi connectivity index (χ3n) is 3.26. The van der Waals surface area contributed by atoms with E-state index in [9.17, 15) is 0 Å². The fraction of sp³-hybridized carbons (Fsp3) is 0.467. The van der Waals surface area contributed by atoms with Crippen LogP contribution in [0.25, 0.3) is 11.0 Å². The van der Waals surface area contributed by atoms with Gasteiger partial charge in [0.05, 0.1) is 6.54 Å². The normalized spacial score (nSPS) is 11.9. The Morgan fingerprint density at radius 1 is 1.12 bits per heavy atom. The minimum Gasteiger partial charge on any atom is -0.459 e. The lowest BCUT2D eigenvalue weighted by atomic mass is 9.95. The SMILES string of the molecule is CC(C)c1ccc2oc(CN)c(C(C)C)c2c1. The van der Waals surface area contributed by atoms with Gasteiger partial charge in [0, 0.05) is 10.9 Å². The van der Waals surface area contributed by atoms with Gasteiger partial charge < -0.3 is 10.2 Å². The maximum absolute atomic E-state index is 5.82. The standard InChI is InChI=1S/C15H21NO/c1-9(2)11-5-6-13-12(7-11)15(10(3)4)14(8-16)17-13/h5-7,9-10H,8,16H2,1-4H3. The maximum atomic E-state index is 5.82. The van der Waals surface area contributed by atoms with Crippen LogP contribution in [0.1, 0.15) is 56.4 Å². The van der Waals surface area contributed by atoms with E-state index in [0.717, 1.165) is 11.3 Å². The second kappa shape index (κ2) is 4.53. The Hall–Kier alpha value is -1.28. The van der Waals surface area contributed by atoms with E-state index in [2.05, 4.69) is 45.9 Å². The van der Waals surface area contributed by atoms with Crippen molar-refractivity contribution in [1.29, 1.82) is 0 Å². The number of rotatable bonds is 3. The van der Waals surface area contributed by atoms with Gasteiger partial charge in [-0.2, -0.15) is 0 Å². The lowest BCUT2D eigenvalue weighted by Crippen LogP contribution is -1.99. The number of hydrogen-bond donors (Lipinski definition) is 1. The van der Waals surface area contributed by atoms with Gasteiger partial charge in [-0.15, -0.1) is 0 Å². The summed E-state index contributed by atoms with van der Waals surface area (Å²) in [5.74, 6) is 1.91. The molecule has 2 aromatic rings. The van der Waals surface area contributed by atoms with Gasteiger partial charge in [-0.25, -0.2) is 0 Å². The van der Waals surface area contributed by atoms with Crippen LogP contribution >= 0.6 is 0 Å². The summed E-state index contributed by atoms with van der Waals surface area (Å²) >= 11 is 0. The van der Waals surface area contributed by atoms with Crippen LogP contribution < -0.4 is 5.73 Å². The molecule has 0 radical (unpaired) electrons. The summed E-state index contributed by atoms with van der Waals surface area (Å²) in [5.41, 5.74) is 9.33. The van der Waals surface area contributed by atoms with Gasteiger partial charge >= 0.3 is 0 Å². The highest BCUT2D eigenvalue weighted by Gasteiger charge is 2.16. The van der Waals surface area contributed by atoms with Crippen LogP contribution in [0.4, 0.5) is 0 Å². The van der Waals surface area contributed by atoms with E-state index < -0.39 is 0 Å². The summed E-state index contributed by atoms with van der Waals surface area (Å²) in [6.45, 7) is 9.26. The summed E-state index contributed by atoms with van der Waals surface area (Å²) in [7, 11) is 0. The van der Waals surface area contributed by atoms with Gasteiger partial charge in [0.1, 0.15) is 11.3 Å². The topological polar surface area (TPSA) is 39.2 Å². The fourth-order valence-corrected chi connectivity index (χ4v) is 2.33. The smallest absolute Gasteiger partial charge is 0.134 e. The number of benzene rings is 1. The number of furan rings is 1. The second-order valence-corrected chi connectivity index (χ2v) is 5.21. The van der Waals surface area contributed by atoms with Gasteiger partial charge in [-0.3, -0.25) is 0 Å². The Balaban J connectivity index is 2.69. The number of fused-ring (bicyclic) bond motifs is 1. The van der Waals surface area contributed by atoms with Crippen molar-refractivity contribution < 1.29 is 4.42 Å². The molecule has 17 heavy (non-hydrogen) atoms. The Labute approximate surface area is 103 Å². The summed E-state index contributed by atoms with van der Waals surface area (Å²) in [6, 6.07) is 6.45. The highest BCUT2D eigenvalue weighted by molar-refractivity contribution is 5.83. The monoisotopic (exact) mass is 231 g/mol. The molecule has 0 saturated heterocycles. The molecular formula is C15H21NO. The molecule has 0 aliphatic rings. The molecule has 0 fully saturated rings. The predicted molar refractivity (Wildman–Crippen MR) is 72.3 cm³/mol. The summed E-state index contributed by atoms with van der Waals surface area (Å²) in [6.07, 6.45) is 0. The minimum absolute atomic E-state index is 0.442. The van der Waals surface area contributed by atoms with Crippen molar-refractivity contribution >= 4 is 11.0 Å². The molecule has 0 unspecified atom stereocenters. The molecule has 92 valence electrons. The molecule has 2 nitrogen and oxygen atoms in total. The summed E-state index contributed by atoms with van der Waals surface area (Å²) < 4.78 is 5.82. The van der Waals surface area contributed by atoms with Gasteiger partial charge in [-0.1, -0.05) is 33.8 Å². The average Bonchev–Trinajstić information content (AvgIpc) is 2.65. The predicted octanol–water partition coefficient (Wildman–Crippen LogP) is 4.14. The van der Waals surface area contributed by atoms with Crippen molar-refractivity contribution in [1.82, 2.24) is 0 Å². The van der Waals surface area contributed by atoms with Crippen molar-refractivity contribution in [2.24, 2.45) is 5.73 Å². The molecule has 1 aromatic heterocycles. The molecule has 0 atom stereocenters. The molecule has 2 N–H and O–H groups in total. The molecule has 0 aliphatic carbocycles. The molecule has 2 rings (SSSR count). The quantitative estimate of drug-likeness (QED) is 0.862. The first kappa shape index (κ1) is 12.2. The Kier molecular flexibility index (Phi) is 3.25. The number of nitrogens with two attached hydrogens (primary N) is 1. The zero-order valence-corrected chi connectivity index (χ0v) is 11.1. The first-order chi connectivity index (χ1) is 8.04. The van der Waals surface area contributed by atoms with E-state index in [-0.39, 0.29) is 0 Å². The Morgan fingerprint density at radius 3 is 2.35 bits per heavy atom. The lowest BCUT2D eigenvalue weighted by molar-refractivity contribution is 0.541. The average molecular weight is 231 g/mol. The molecule has 0 spiro atoms.